The fourth-order valence-electron chi connectivity index (χ4n) is 2.45. The molecule has 2 atom stereocenters. The molecular weight excluding hydrogens is 204 g/mol. The van der Waals surface area contributed by atoms with Gasteiger partial charge in [-0.3, -0.25) is 0 Å². The maximum atomic E-state index is 10.4. The molecule has 1 N–H and O–H groups in total. The van der Waals surface area contributed by atoms with Crippen LogP contribution in [0.2, 0.25) is 0 Å². The summed E-state index contributed by atoms with van der Waals surface area (Å²) >= 11 is 1.85. The Hall–Kier alpha value is -0.340. The SMILES string of the molecule is CC(C)(C)C(O)C1CCCc2sccc21. The standard InChI is InChI=1S/C13H20OS/c1-13(2,3)12(14)10-5-4-6-11-9(10)7-8-15-11/h7-8,10,12,14H,4-6H2,1-3H3. The zero-order valence-electron chi connectivity index (χ0n) is 9.79. The van der Waals surface area contributed by atoms with Gasteiger partial charge in [-0.1, -0.05) is 20.8 Å². The maximum absolute atomic E-state index is 10.4. The summed E-state index contributed by atoms with van der Waals surface area (Å²) in [5.41, 5.74) is 1.40. The van der Waals surface area contributed by atoms with Crippen LogP contribution in [-0.4, -0.2) is 11.2 Å². The molecule has 1 aliphatic carbocycles. The summed E-state index contributed by atoms with van der Waals surface area (Å²) in [7, 11) is 0. The highest BCUT2D eigenvalue weighted by molar-refractivity contribution is 7.10. The van der Waals surface area contributed by atoms with Crippen molar-refractivity contribution in [2.75, 3.05) is 0 Å². The van der Waals surface area contributed by atoms with Crippen LogP contribution in [0.4, 0.5) is 0 Å². The van der Waals surface area contributed by atoms with Gasteiger partial charge < -0.3 is 5.11 Å². The molecule has 0 bridgehead atoms. The average Bonchev–Trinajstić information content (AvgIpc) is 2.62. The summed E-state index contributed by atoms with van der Waals surface area (Å²) in [6.07, 6.45) is 3.36. The molecule has 0 saturated heterocycles. The van der Waals surface area contributed by atoms with E-state index < -0.39 is 0 Å². The molecule has 1 aromatic heterocycles. The van der Waals surface area contributed by atoms with Crippen molar-refractivity contribution < 1.29 is 5.11 Å². The van der Waals surface area contributed by atoms with E-state index in [4.69, 9.17) is 0 Å². The Bertz CT molecular complexity index is 335. The van der Waals surface area contributed by atoms with E-state index in [1.54, 1.807) is 0 Å². The van der Waals surface area contributed by atoms with E-state index in [-0.39, 0.29) is 11.5 Å². The maximum Gasteiger partial charge on any atom is 0.0657 e. The second kappa shape index (κ2) is 3.91. The van der Waals surface area contributed by atoms with E-state index in [0.717, 1.165) is 6.42 Å². The topological polar surface area (TPSA) is 20.2 Å². The van der Waals surface area contributed by atoms with Crippen molar-refractivity contribution in [3.05, 3.63) is 21.9 Å². The Labute approximate surface area is 96.1 Å². The first-order valence-electron chi connectivity index (χ1n) is 5.74. The van der Waals surface area contributed by atoms with Crippen LogP contribution in [-0.2, 0) is 6.42 Å². The van der Waals surface area contributed by atoms with Crippen molar-refractivity contribution in [3.63, 3.8) is 0 Å². The van der Waals surface area contributed by atoms with Gasteiger partial charge in [0.15, 0.2) is 0 Å². The number of thiophene rings is 1. The summed E-state index contributed by atoms with van der Waals surface area (Å²) in [6, 6.07) is 2.21. The smallest absolute Gasteiger partial charge is 0.0657 e. The van der Waals surface area contributed by atoms with Crippen LogP contribution in [0, 0.1) is 5.41 Å². The van der Waals surface area contributed by atoms with Gasteiger partial charge in [0.05, 0.1) is 6.10 Å². The summed E-state index contributed by atoms with van der Waals surface area (Å²) in [6.45, 7) is 6.37. The normalized spacial score (nSPS) is 23.6. The molecule has 0 saturated carbocycles. The number of hydrogen-bond donors (Lipinski definition) is 1. The largest absolute Gasteiger partial charge is 0.392 e. The van der Waals surface area contributed by atoms with Gasteiger partial charge in [0.2, 0.25) is 0 Å². The predicted octanol–water partition coefficient (Wildman–Crippen LogP) is 3.58. The molecule has 84 valence electrons. The van der Waals surface area contributed by atoms with E-state index >= 15 is 0 Å². The highest BCUT2D eigenvalue weighted by atomic mass is 32.1. The molecule has 0 fully saturated rings. The van der Waals surface area contributed by atoms with Crippen LogP contribution < -0.4 is 0 Å². The van der Waals surface area contributed by atoms with Gasteiger partial charge in [0, 0.05) is 10.8 Å². The number of aryl methyl sites for hydroxylation is 1. The molecule has 1 nitrogen and oxygen atoms in total. The minimum absolute atomic E-state index is 0.0127. The fraction of sp³-hybridized carbons (Fsp3) is 0.692. The molecule has 0 aromatic carbocycles. The Kier molecular flexibility index (Phi) is 2.91. The van der Waals surface area contributed by atoms with Crippen molar-refractivity contribution in [1.82, 2.24) is 0 Å². The molecule has 1 aromatic rings. The van der Waals surface area contributed by atoms with Gasteiger partial charge in [-0.15, -0.1) is 11.3 Å². The second-order valence-corrected chi connectivity index (χ2v) is 6.61. The third-order valence-electron chi connectivity index (χ3n) is 3.37. The van der Waals surface area contributed by atoms with E-state index in [1.165, 1.54) is 23.3 Å². The van der Waals surface area contributed by atoms with Crippen molar-refractivity contribution in [3.8, 4) is 0 Å². The monoisotopic (exact) mass is 224 g/mol. The van der Waals surface area contributed by atoms with Crippen LogP contribution in [0.5, 0.6) is 0 Å². The molecule has 1 aliphatic rings. The lowest BCUT2D eigenvalue weighted by Crippen LogP contribution is -2.33. The zero-order valence-corrected chi connectivity index (χ0v) is 10.6. The second-order valence-electron chi connectivity index (χ2n) is 5.61. The van der Waals surface area contributed by atoms with Gasteiger partial charge >= 0.3 is 0 Å². The van der Waals surface area contributed by atoms with Crippen LogP contribution in [0.25, 0.3) is 0 Å². The molecule has 2 unspecified atom stereocenters. The van der Waals surface area contributed by atoms with Crippen LogP contribution >= 0.6 is 11.3 Å². The van der Waals surface area contributed by atoms with Crippen molar-refractivity contribution >= 4 is 11.3 Å². The lowest BCUT2D eigenvalue weighted by molar-refractivity contribution is 0.0338. The Morgan fingerprint density at radius 2 is 2.20 bits per heavy atom. The first-order valence-corrected chi connectivity index (χ1v) is 6.62. The highest BCUT2D eigenvalue weighted by Gasteiger charge is 2.34. The van der Waals surface area contributed by atoms with Gasteiger partial charge in [-0.05, 0) is 41.7 Å². The summed E-state index contributed by atoms with van der Waals surface area (Å²) in [5, 5.41) is 12.5. The molecule has 2 rings (SSSR count). The van der Waals surface area contributed by atoms with Crippen LogP contribution in [0.3, 0.4) is 0 Å². The molecule has 15 heavy (non-hydrogen) atoms. The third kappa shape index (κ3) is 2.11. The first-order chi connectivity index (χ1) is 7.00. The third-order valence-corrected chi connectivity index (χ3v) is 4.36. The highest BCUT2D eigenvalue weighted by Crippen LogP contribution is 2.41. The van der Waals surface area contributed by atoms with Gasteiger partial charge in [-0.2, -0.15) is 0 Å². The number of rotatable bonds is 1. The van der Waals surface area contributed by atoms with Crippen LogP contribution in [0.15, 0.2) is 11.4 Å². The minimum Gasteiger partial charge on any atom is -0.392 e. The lowest BCUT2D eigenvalue weighted by atomic mass is 9.74. The quantitative estimate of drug-likeness (QED) is 0.773. The van der Waals surface area contributed by atoms with Crippen LogP contribution in [0.1, 0.15) is 50.0 Å². The van der Waals surface area contributed by atoms with E-state index in [9.17, 15) is 5.11 Å². The number of aliphatic hydroxyl groups excluding tert-OH is 1. The average molecular weight is 224 g/mol. The number of hydrogen-bond acceptors (Lipinski definition) is 2. The van der Waals surface area contributed by atoms with E-state index in [0.29, 0.717) is 5.92 Å². The summed E-state index contributed by atoms with van der Waals surface area (Å²) in [4.78, 5) is 1.49. The zero-order chi connectivity index (χ0) is 11.1. The van der Waals surface area contributed by atoms with Crippen molar-refractivity contribution in [2.24, 2.45) is 5.41 Å². The number of fused-ring (bicyclic) bond motifs is 1. The van der Waals surface area contributed by atoms with E-state index in [2.05, 4.69) is 32.2 Å². The molecule has 1 heterocycles. The Balaban J connectivity index is 2.26. The van der Waals surface area contributed by atoms with Gasteiger partial charge in [-0.25, -0.2) is 0 Å². The molecule has 0 aliphatic heterocycles. The summed E-state index contributed by atoms with van der Waals surface area (Å²) < 4.78 is 0. The number of aliphatic hydroxyl groups is 1. The summed E-state index contributed by atoms with van der Waals surface area (Å²) in [5.74, 6) is 0.361. The van der Waals surface area contributed by atoms with E-state index in [1.807, 2.05) is 11.3 Å². The first kappa shape index (κ1) is 11.2. The fourth-order valence-corrected chi connectivity index (χ4v) is 3.45. The molecule has 2 heteroatoms. The molecular formula is C13H20OS. The van der Waals surface area contributed by atoms with Gasteiger partial charge in [0.25, 0.3) is 0 Å². The molecule has 0 spiro atoms. The molecule has 0 amide bonds. The molecule has 0 radical (unpaired) electrons. The minimum atomic E-state index is -0.217. The van der Waals surface area contributed by atoms with Crippen molar-refractivity contribution in [2.45, 2.75) is 52.1 Å². The predicted molar refractivity (Wildman–Crippen MR) is 65.5 cm³/mol. The Morgan fingerprint density at radius 1 is 1.47 bits per heavy atom. The van der Waals surface area contributed by atoms with Crippen molar-refractivity contribution in [1.29, 1.82) is 0 Å². The Morgan fingerprint density at radius 3 is 2.87 bits per heavy atom. The lowest BCUT2D eigenvalue weighted by Gasteiger charge is -2.35. The van der Waals surface area contributed by atoms with Gasteiger partial charge in [0.1, 0.15) is 0 Å².